The summed E-state index contributed by atoms with van der Waals surface area (Å²) < 4.78 is 23.0. The summed E-state index contributed by atoms with van der Waals surface area (Å²) in [5.41, 5.74) is 0. The fourth-order valence-electron chi connectivity index (χ4n) is 2.28. The van der Waals surface area contributed by atoms with Crippen LogP contribution in [0.1, 0.15) is 31.8 Å². The summed E-state index contributed by atoms with van der Waals surface area (Å²) in [5, 5.41) is 9.65. The summed E-state index contributed by atoms with van der Waals surface area (Å²) in [6, 6.07) is 0.719. The molecule has 0 aromatic carbocycles. The number of hydrogen-bond acceptors (Lipinski definition) is 6. The van der Waals surface area contributed by atoms with Gasteiger partial charge in [0.1, 0.15) is 11.1 Å². The lowest BCUT2D eigenvalue weighted by atomic mass is 10.1. The first-order valence-electron chi connectivity index (χ1n) is 6.39. The van der Waals surface area contributed by atoms with E-state index in [4.69, 9.17) is 0 Å². The fraction of sp³-hybridized carbons (Fsp3) is 0.818. The SMILES string of the molecule is CC1CN(c2n[nH]c(C(C)S(C)(=O)=O)n2)CC(C)N1. The van der Waals surface area contributed by atoms with Crippen molar-refractivity contribution in [3.63, 3.8) is 0 Å². The van der Waals surface area contributed by atoms with Crippen molar-refractivity contribution in [1.82, 2.24) is 20.5 Å². The molecule has 1 fully saturated rings. The van der Waals surface area contributed by atoms with Gasteiger partial charge in [0.05, 0.1) is 0 Å². The van der Waals surface area contributed by atoms with Crippen LogP contribution in [0.4, 0.5) is 5.95 Å². The maximum atomic E-state index is 11.5. The van der Waals surface area contributed by atoms with E-state index in [2.05, 4.69) is 39.2 Å². The molecule has 108 valence electrons. The Hall–Kier alpha value is -1.15. The van der Waals surface area contributed by atoms with Gasteiger partial charge in [0.15, 0.2) is 9.84 Å². The van der Waals surface area contributed by atoms with Crippen LogP contribution in [0.3, 0.4) is 0 Å². The highest BCUT2D eigenvalue weighted by Gasteiger charge is 2.26. The molecule has 2 heterocycles. The molecule has 19 heavy (non-hydrogen) atoms. The van der Waals surface area contributed by atoms with Crippen LogP contribution in [-0.2, 0) is 9.84 Å². The minimum atomic E-state index is -3.16. The van der Waals surface area contributed by atoms with Crippen molar-refractivity contribution >= 4 is 15.8 Å². The average Bonchev–Trinajstić information content (AvgIpc) is 2.74. The molecule has 2 rings (SSSR count). The fourth-order valence-corrected chi connectivity index (χ4v) is 2.79. The third-order valence-corrected chi connectivity index (χ3v) is 4.87. The van der Waals surface area contributed by atoms with E-state index < -0.39 is 15.1 Å². The highest BCUT2D eigenvalue weighted by atomic mass is 32.2. The van der Waals surface area contributed by atoms with Crippen LogP contribution in [0.2, 0.25) is 0 Å². The normalized spacial score (nSPS) is 26.4. The van der Waals surface area contributed by atoms with Crippen molar-refractivity contribution in [3.8, 4) is 0 Å². The number of nitrogens with zero attached hydrogens (tertiary/aromatic N) is 3. The topological polar surface area (TPSA) is 91.0 Å². The van der Waals surface area contributed by atoms with Gasteiger partial charge in [0, 0.05) is 31.4 Å². The number of rotatable bonds is 3. The van der Waals surface area contributed by atoms with Gasteiger partial charge >= 0.3 is 0 Å². The standard InChI is InChI=1S/C11H21N5O2S/c1-7-5-16(6-8(2)12-7)11-13-10(14-15-11)9(3)19(4,17)18/h7-9,12H,5-6H2,1-4H3,(H,13,14,15). The summed E-state index contributed by atoms with van der Waals surface area (Å²) in [7, 11) is -3.16. The second-order valence-corrected chi connectivity index (χ2v) is 7.73. The van der Waals surface area contributed by atoms with Crippen LogP contribution in [0.5, 0.6) is 0 Å². The van der Waals surface area contributed by atoms with Crippen LogP contribution in [0.25, 0.3) is 0 Å². The van der Waals surface area contributed by atoms with Crippen molar-refractivity contribution in [2.24, 2.45) is 0 Å². The van der Waals surface area contributed by atoms with E-state index in [-0.39, 0.29) is 0 Å². The third-order valence-electron chi connectivity index (χ3n) is 3.36. The van der Waals surface area contributed by atoms with E-state index in [0.29, 0.717) is 23.9 Å². The van der Waals surface area contributed by atoms with Crippen molar-refractivity contribution in [2.45, 2.75) is 38.1 Å². The maximum Gasteiger partial charge on any atom is 0.244 e. The predicted molar refractivity (Wildman–Crippen MR) is 73.9 cm³/mol. The van der Waals surface area contributed by atoms with Crippen LogP contribution < -0.4 is 10.2 Å². The molecular weight excluding hydrogens is 266 g/mol. The second-order valence-electron chi connectivity index (χ2n) is 5.37. The Morgan fingerprint density at radius 3 is 2.42 bits per heavy atom. The molecule has 3 unspecified atom stereocenters. The molecule has 0 amide bonds. The molecule has 1 aromatic heterocycles. The quantitative estimate of drug-likeness (QED) is 0.819. The summed E-state index contributed by atoms with van der Waals surface area (Å²) >= 11 is 0. The first-order chi connectivity index (χ1) is 8.77. The zero-order valence-corrected chi connectivity index (χ0v) is 12.5. The molecule has 1 saturated heterocycles. The molecular formula is C11H21N5O2S. The van der Waals surface area contributed by atoms with Gasteiger partial charge in [-0.25, -0.2) is 8.42 Å². The molecule has 0 radical (unpaired) electrons. The molecule has 3 atom stereocenters. The minimum Gasteiger partial charge on any atom is -0.336 e. The average molecular weight is 287 g/mol. The lowest BCUT2D eigenvalue weighted by Gasteiger charge is -2.35. The number of piperazine rings is 1. The molecule has 1 aliphatic rings. The minimum absolute atomic E-state index is 0.359. The van der Waals surface area contributed by atoms with E-state index >= 15 is 0 Å². The molecule has 0 spiro atoms. The monoisotopic (exact) mass is 287 g/mol. The smallest absolute Gasteiger partial charge is 0.244 e. The number of H-pyrrole nitrogens is 1. The highest BCUT2D eigenvalue weighted by Crippen LogP contribution is 2.20. The Kier molecular flexibility index (Phi) is 3.82. The summed E-state index contributed by atoms with van der Waals surface area (Å²) in [4.78, 5) is 6.39. The third kappa shape index (κ3) is 3.24. The van der Waals surface area contributed by atoms with E-state index in [1.165, 1.54) is 6.26 Å². The van der Waals surface area contributed by atoms with Crippen LogP contribution in [0.15, 0.2) is 0 Å². The van der Waals surface area contributed by atoms with Crippen molar-refractivity contribution in [3.05, 3.63) is 5.82 Å². The Morgan fingerprint density at radius 1 is 1.32 bits per heavy atom. The van der Waals surface area contributed by atoms with Gasteiger partial charge in [-0.05, 0) is 20.8 Å². The van der Waals surface area contributed by atoms with E-state index in [1.807, 2.05) is 0 Å². The summed E-state index contributed by atoms with van der Waals surface area (Å²) in [6.45, 7) is 7.46. The Labute approximate surface area is 113 Å². The van der Waals surface area contributed by atoms with Gasteiger partial charge in [-0.1, -0.05) is 0 Å². The van der Waals surface area contributed by atoms with Gasteiger partial charge in [-0.3, -0.25) is 5.10 Å². The maximum absolute atomic E-state index is 11.5. The summed E-state index contributed by atoms with van der Waals surface area (Å²) in [5.74, 6) is 0.974. The molecule has 0 aliphatic carbocycles. The lowest BCUT2D eigenvalue weighted by molar-refractivity contribution is 0.403. The van der Waals surface area contributed by atoms with Gasteiger partial charge in [-0.15, -0.1) is 5.10 Å². The predicted octanol–water partition coefficient (Wildman–Crippen LogP) is 0.0969. The van der Waals surface area contributed by atoms with E-state index in [0.717, 1.165) is 13.1 Å². The van der Waals surface area contributed by atoms with Crippen molar-refractivity contribution < 1.29 is 8.42 Å². The zero-order valence-electron chi connectivity index (χ0n) is 11.7. The van der Waals surface area contributed by atoms with E-state index in [9.17, 15) is 8.42 Å². The van der Waals surface area contributed by atoms with Gasteiger partial charge < -0.3 is 10.2 Å². The highest BCUT2D eigenvalue weighted by molar-refractivity contribution is 7.90. The van der Waals surface area contributed by atoms with Crippen LogP contribution in [-0.4, -0.2) is 55.0 Å². The number of sulfone groups is 1. The summed E-state index contributed by atoms with van der Waals surface area (Å²) in [6.07, 6.45) is 1.20. The van der Waals surface area contributed by atoms with Crippen LogP contribution >= 0.6 is 0 Å². The van der Waals surface area contributed by atoms with Gasteiger partial charge in [0.2, 0.25) is 5.95 Å². The molecule has 1 aliphatic heterocycles. The lowest BCUT2D eigenvalue weighted by Crippen LogP contribution is -2.54. The van der Waals surface area contributed by atoms with Crippen LogP contribution in [0, 0.1) is 0 Å². The molecule has 1 aromatic rings. The first-order valence-corrected chi connectivity index (χ1v) is 8.35. The Balaban J connectivity index is 2.17. The van der Waals surface area contributed by atoms with Gasteiger partial charge in [-0.2, -0.15) is 4.98 Å². The van der Waals surface area contributed by atoms with Crippen molar-refractivity contribution in [2.75, 3.05) is 24.2 Å². The second kappa shape index (κ2) is 5.09. The number of nitrogens with one attached hydrogen (secondary N) is 2. The van der Waals surface area contributed by atoms with Gasteiger partial charge in [0.25, 0.3) is 0 Å². The largest absolute Gasteiger partial charge is 0.336 e. The van der Waals surface area contributed by atoms with E-state index in [1.54, 1.807) is 6.92 Å². The first kappa shape index (κ1) is 14.3. The molecule has 2 N–H and O–H groups in total. The Bertz CT molecular complexity index is 531. The van der Waals surface area contributed by atoms with Crippen molar-refractivity contribution in [1.29, 1.82) is 0 Å². The molecule has 0 bridgehead atoms. The molecule has 8 heteroatoms. The number of aromatic amines is 1. The zero-order chi connectivity index (χ0) is 14.2. The number of aromatic nitrogens is 3. The number of hydrogen-bond donors (Lipinski definition) is 2. The Morgan fingerprint density at radius 2 is 1.89 bits per heavy atom. The molecule has 7 nitrogen and oxygen atoms in total. The molecule has 0 saturated carbocycles. The number of anilines is 1.